The number of likely N-dealkylation sites (tertiary alicyclic amines) is 1. The van der Waals surface area contributed by atoms with Crippen LogP contribution in [0.1, 0.15) is 40.5 Å². The summed E-state index contributed by atoms with van der Waals surface area (Å²) in [6.45, 7) is 12.6. The van der Waals surface area contributed by atoms with Crippen molar-refractivity contribution < 1.29 is 0 Å². The molecule has 1 saturated heterocycles. The van der Waals surface area contributed by atoms with Gasteiger partial charge in [0.2, 0.25) is 0 Å². The molecule has 94 valence electrons. The average Bonchev–Trinajstić information content (AvgIpc) is 2.63. The third-order valence-electron chi connectivity index (χ3n) is 3.97. The molecule has 1 atom stereocenters. The first-order valence-electron chi connectivity index (χ1n) is 6.35. The molecule has 1 aliphatic heterocycles. The van der Waals surface area contributed by atoms with Crippen LogP contribution < -0.4 is 5.73 Å². The third kappa shape index (κ3) is 3.70. The molecular formula is C13H26N2S. The van der Waals surface area contributed by atoms with Crippen molar-refractivity contribution in [1.29, 1.82) is 0 Å². The van der Waals surface area contributed by atoms with Crippen LogP contribution in [0.3, 0.4) is 0 Å². The topological polar surface area (TPSA) is 29.3 Å². The Labute approximate surface area is 106 Å². The molecule has 1 heterocycles. The second-order valence-electron chi connectivity index (χ2n) is 6.09. The minimum Gasteiger partial charge on any atom is -0.393 e. The van der Waals surface area contributed by atoms with Crippen LogP contribution in [0.2, 0.25) is 0 Å². The number of hydrogen-bond acceptors (Lipinski definition) is 2. The highest BCUT2D eigenvalue weighted by molar-refractivity contribution is 7.80. The molecule has 0 amide bonds. The molecule has 0 spiro atoms. The molecular weight excluding hydrogens is 216 g/mol. The summed E-state index contributed by atoms with van der Waals surface area (Å²) in [5.74, 6) is 1.70. The zero-order valence-corrected chi connectivity index (χ0v) is 11.9. The predicted octanol–water partition coefficient (Wildman–Crippen LogP) is 2.67. The van der Waals surface area contributed by atoms with Gasteiger partial charge in [0.1, 0.15) is 0 Å². The van der Waals surface area contributed by atoms with E-state index in [0.717, 1.165) is 24.8 Å². The van der Waals surface area contributed by atoms with Gasteiger partial charge in [-0.25, -0.2) is 0 Å². The summed E-state index contributed by atoms with van der Waals surface area (Å²) in [7, 11) is 0. The zero-order chi connectivity index (χ0) is 12.3. The fourth-order valence-corrected chi connectivity index (χ4v) is 2.27. The van der Waals surface area contributed by atoms with E-state index in [0.29, 0.717) is 4.99 Å². The van der Waals surface area contributed by atoms with Gasteiger partial charge in [-0.1, -0.05) is 39.9 Å². The van der Waals surface area contributed by atoms with Crippen molar-refractivity contribution in [2.75, 3.05) is 19.6 Å². The molecule has 0 aliphatic carbocycles. The molecule has 1 aliphatic rings. The highest BCUT2D eigenvalue weighted by Crippen LogP contribution is 2.26. The van der Waals surface area contributed by atoms with Gasteiger partial charge < -0.3 is 10.6 Å². The number of nitrogens with two attached hydrogens (primary N) is 1. The van der Waals surface area contributed by atoms with Crippen LogP contribution in [0.15, 0.2) is 0 Å². The highest BCUT2D eigenvalue weighted by Gasteiger charge is 2.27. The van der Waals surface area contributed by atoms with E-state index in [1.165, 1.54) is 19.5 Å². The molecule has 1 unspecified atom stereocenters. The monoisotopic (exact) mass is 242 g/mol. The zero-order valence-electron chi connectivity index (χ0n) is 11.1. The van der Waals surface area contributed by atoms with Crippen LogP contribution in [0.25, 0.3) is 0 Å². The molecule has 2 N–H and O–H groups in total. The minimum atomic E-state index is 0.00521. The first kappa shape index (κ1) is 13.9. The first-order valence-corrected chi connectivity index (χ1v) is 6.76. The summed E-state index contributed by atoms with van der Waals surface area (Å²) in [5.41, 5.74) is 5.75. The Morgan fingerprint density at radius 1 is 1.50 bits per heavy atom. The van der Waals surface area contributed by atoms with Gasteiger partial charge in [0.05, 0.1) is 4.99 Å². The molecule has 0 aromatic carbocycles. The number of nitrogens with zero attached hydrogens (tertiary/aromatic N) is 1. The van der Waals surface area contributed by atoms with Crippen LogP contribution in [0, 0.1) is 17.3 Å². The number of rotatable bonds is 5. The molecule has 3 heteroatoms. The van der Waals surface area contributed by atoms with Crippen molar-refractivity contribution in [1.82, 2.24) is 4.90 Å². The average molecular weight is 242 g/mol. The largest absolute Gasteiger partial charge is 0.393 e. The number of thiocarbonyl (C=S) groups is 1. The molecule has 0 bridgehead atoms. The second-order valence-corrected chi connectivity index (χ2v) is 6.53. The van der Waals surface area contributed by atoms with Crippen LogP contribution >= 0.6 is 12.2 Å². The van der Waals surface area contributed by atoms with Gasteiger partial charge in [-0.15, -0.1) is 0 Å². The van der Waals surface area contributed by atoms with E-state index in [4.69, 9.17) is 18.0 Å². The quantitative estimate of drug-likeness (QED) is 0.752. The summed E-state index contributed by atoms with van der Waals surface area (Å²) in [6, 6.07) is 0. The Morgan fingerprint density at radius 2 is 2.12 bits per heavy atom. The van der Waals surface area contributed by atoms with Gasteiger partial charge in [0.25, 0.3) is 0 Å². The van der Waals surface area contributed by atoms with Gasteiger partial charge in [-0.2, -0.15) is 0 Å². The Balaban J connectivity index is 2.33. The Bertz CT molecular complexity index is 248. The normalized spacial score (nSPS) is 22.9. The Morgan fingerprint density at radius 3 is 2.56 bits per heavy atom. The minimum absolute atomic E-state index is 0.00521. The maximum Gasteiger partial charge on any atom is 0.0784 e. The standard InChI is InChI=1S/C13H26N2S/c1-10(2)11-5-7-15(9-11)8-6-13(3,4)12(14)16/h10-11H,5-9H2,1-4H3,(H2,14,16). The van der Waals surface area contributed by atoms with E-state index in [2.05, 4.69) is 32.6 Å². The van der Waals surface area contributed by atoms with Gasteiger partial charge in [-0.05, 0) is 37.8 Å². The molecule has 0 aromatic rings. The van der Waals surface area contributed by atoms with Crippen molar-refractivity contribution in [3.63, 3.8) is 0 Å². The SMILES string of the molecule is CC(C)C1CCN(CCC(C)(C)C(N)=S)C1. The summed E-state index contributed by atoms with van der Waals surface area (Å²) < 4.78 is 0. The summed E-state index contributed by atoms with van der Waals surface area (Å²) in [6.07, 6.45) is 2.43. The van der Waals surface area contributed by atoms with Crippen molar-refractivity contribution in [2.24, 2.45) is 23.0 Å². The summed E-state index contributed by atoms with van der Waals surface area (Å²) in [5, 5.41) is 0. The predicted molar refractivity (Wildman–Crippen MR) is 74.6 cm³/mol. The molecule has 16 heavy (non-hydrogen) atoms. The lowest BCUT2D eigenvalue weighted by Crippen LogP contribution is -2.34. The highest BCUT2D eigenvalue weighted by atomic mass is 32.1. The molecule has 0 aromatic heterocycles. The van der Waals surface area contributed by atoms with Crippen molar-refractivity contribution in [3.05, 3.63) is 0 Å². The van der Waals surface area contributed by atoms with Crippen molar-refractivity contribution >= 4 is 17.2 Å². The van der Waals surface area contributed by atoms with E-state index < -0.39 is 0 Å². The van der Waals surface area contributed by atoms with E-state index in [9.17, 15) is 0 Å². The lowest BCUT2D eigenvalue weighted by molar-refractivity contribution is 0.273. The fourth-order valence-electron chi connectivity index (χ4n) is 2.17. The van der Waals surface area contributed by atoms with Gasteiger partial charge in [-0.3, -0.25) is 0 Å². The Kier molecular flexibility index (Phi) is 4.74. The van der Waals surface area contributed by atoms with Gasteiger partial charge in [0.15, 0.2) is 0 Å². The van der Waals surface area contributed by atoms with Crippen LogP contribution in [-0.2, 0) is 0 Å². The summed E-state index contributed by atoms with van der Waals surface area (Å²) in [4.78, 5) is 3.21. The lowest BCUT2D eigenvalue weighted by Gasteiger charge is -2.26. The first-order chi connectivity index (χ1) is 7.33. The van der Waals surface area contributed by atoms with Crippen molar-refractivity contribution in [3.8, 4) is 0 Å². The lowest BCUT2D eigenvalue weighted by atomic mass is 9.89. The van der Waals surface area contributed by atoms with Crippen molar-refractivity contribution in [2.45, 2.75) is 40.5 Å². The maximum atomic E-state index is 5.74. The van der Waals surface area contributed by atoms with E-state index in [1.807, 2.05) is 0 Å². The van der Waals surface area contributed by atoms with Gasteiger partial charge >= 0.3 is 0 Å². The van der Waals surface area contributed by atoms with Crippen LogP contribution in [-0.4, -0.2) is 29.5 Å². The van der Waals surface area contributed by atoms with Gasteiger partial charge in [0, 0.05) is 12.0 Å². The van der Waals surface area contributed by atoms with E-state index in [-0.39, 0.29) is 5.41 Å². The third-order valence-corrected chi connectivity index (χ3v) is 4.52. The van der Waals surface area contributed by atoms with Crippen LogP contribution in [0.5, 0.6) is 0 Å². The van der Waals surface area contributed by atoms with Crippen LogP contribution in [0.4, 0.5) is 0 Å². The molecule has 1 rings (SSSR count). The fraction of sp³-hybridized carbons (Fsp3) is 0.923. The Hall–Kier alpha value is -0.150. The second kappa shape index (κ2) is 5.46. The van der Waals surface area contributed by atoms with E-state index in [1.54, 1.807) is 0 Å². The molecule has 2 nitrogen and oxygen atoms in total. The smallest absolute Gasteiger partial charge is 0.0784 e. The molecule has 1 fully saturated rings. The van der Waals surface area contributed by atoms with E-state index >= 15 is 0 Å². The maximum absolute atomic E-state index is 5.74. The number of hydrogen-bond donors (Lipinski definition) is 1. The molecule has 0 radical (unpaired) electrons. The summed E-state index contributed by atoms with van der Waals surface area (Å²) >= 11 is 5.10. The molecule has 0 saturated carbocycles.